The van der Waals surface area contributed by atoms with Gasteiger partial charge in [-0.25, -0.2) is 4.98 Å². The molecule has 1 aromatic carbocycles. The molecule has 0 fully saturated rings. The van der Waals surface area contributed by atoms with Crippen LogP contribution in [0.15, 0.2) is 41.3 Å². The number of hydrogen-bond donors (Lipinski definition) is 1. The van der Waals surface area contributed by atoms with Crippen molar-refractivity contribution in [3.63, 3.8) is 0 Å². The van der Waals surface area contributed by atoms with Crippen LogP contribution in [0.4, 0.5) is 16.5 Å². The van der Waals surface area contributed by atoms with Gasteiger partial charge in [0.05, 0.1) is 16.0 Å². The number of non-ortho nitro benzene ring substituents is 1. The summed E-state index contributed by atoms with van der Waals surface area (Å²) in [6.45, 7) is 1.81. The largest absolute Gasteiger partial charge is 0.331 e. The van der Waals surface area contributed by atoms with Gasteiger partial charge in [0.2, 0.25) is 0 Å². The minimum Gasteiger partial charge on any atom is -0.331 e. The van der Waals surface area contributed by atoms with Crippen LogP contribution in [0.1, 0.15) is 5.56 Å². The van der Waals surface area contributed by atoms with Crippen molar-refractivity contribution in [2.45, 2.75) is 6.92 Å². The minimum atomic E-state index is -0.470. The molecule has 0 radical (unpaired) electrons. The molecule has 0 aliphatic heterocycles. The summed E-state index contributed by atoms with van der Waals surface area (Å²) in [6, 6.07) is 7.82. The summed E-state index contributed by atoms with van der Waals surface area (Å²) in [4.78, 5) is 31.0. The van der Waals surface area contributed by atoms with Gasteiger partial charge in [0.15, 0.2) is 5.13 Å². The van der Waals surface area contributed by atoms with Gasteiger partial charge in [-0.1, -0.05) is 17.4 Å². The third-order valence-corrected chi connectivity index (χ3v) is 3.98. The van der Waals surface area contributed by atoms with Crippen LogP contribution in [0.5, 0.6) is 0 Å². The number of nitro groups is 1. The monoisotopic (exact) mass is 314 g/mol. The lowest BCUT2D eigenvalue weighted by Crippen LogP contribution is -2.08. The van der Waals surface area contributed by atoms with Gasteiger partial charge in [0, 0.05) is 18.3 Å². The number of nitro benzene ring substituents is 1. The van der Waals surface area contributed by atoms with Crippen molar-refractivity contribution in [1.29, 1.82) is 0 Å². The van der Waals surface area contributed by atoms with E-state index in [4.69, 9.17) is 0 Å². The van der Waals surface area contributed by atoms with Crippen molar-refractivity contribution in [2.75, 3.05) is 5.32 Å². The van der Waals surface area contributed by atoms with Crippen LogP contribution in [0.25, 0.3) is 10.2 Å². The molecule has 0 saturated carbocycles. The fraction of sp³-hybridized carbons (Fsp3) is 0.0714. The van der Waals surface area contributed by atoms with Crippen molar-refractivity contribution in [1.82, 2.24) is 9.97 Å². The molecular weight excluding hydrogens is 304 g/mol. The molecule has 0 aliphatic rings. The molecular formula is C14H10N4O3S. The SMILES string of the molecule is Cc1ccc([N+](=O)[O-])cc1Nc1nc(=O)c2cccnc2s1. The maximum Gasteiger partial charge on any atom is 0.282 e. The Morgan fingerprint density at radius 1 is 1.32 bits per heavy atom. The Kier molecular flexibility index (Phi) is 3.51. The van der Waals surface area contributed by atoms with Gasteiger partial charge in [-0.3, -0.25) is 14.9 Å². The van der Waals surface area contributed by atoms with E-state index >= 15 is 0 Å². The molecule has 0 spiro atoms. The summed E-state index contributed by atoms with van der Waals surface area (Å²) in [5, 5.41) is 14.6. The van der Waals surface area contributed by atoms with E-state index in [1.807, 2.05) is 6.92 Å². The number of rotatable bonds is 3. The van der Waals surface area contributed by atoms with Crippen LogP contribution >= 0.6 is 11.3 Å². The van der Waals surface area contributed by atoms with Gasteiger partial charge in [-0.2, -0.15) is 4.98 Å². The van der Waals surface area contributed by atoms with Crippen LogP contribution in [0, 0.1) is 17.0 Å². The first-order chi connectivity index (χ1) is 10.5. The van der Waals surface area contributed by atoms with Gasteiger partial charge in [0.1, 0.15) is 4.83 Å². The first-order valence-electron chi connectivity index (χ1n) is 6.32. The Morgan fingerprint density at radius 3 is 2.91 bits per heavy atom. The number of fused-ring (bicyclic) bond motifs is 1. The molecule has 0 amide bonds. The highest BCUT2D eigenvalue weighted by Crippen LogP contribution is 2.27. The molecule has 3 rings (SSSR count). The van der Waals surface area contributed by atoms with Crippen molar-refractivity contribution >= 4 is 38.1 Å². The summed E-state index contributed by atoms with van der Waals surface area (Å²) in [5.41, 5.74) is 0.938. The summed E-state index contributed by atoms with van der Waals surface area (Å²) < 4.78 is 0. The van der Waals surface area contributed by atoms with Gasteiger partial charge in [-0.15, -0.1) is 0 Å². The second-order valence-electron chi connectivity index (χ2n) is 4.56. The molecule has 110 valence electrons. The number of hydrogen-bond acceptors (Lipinski definition) is 7. The zero-order chi connectivity index (χ0) is 15.7. The fourth-order valence-corrected chi connectivity index (χ4v) is 2.78. The molecule has 0 aliphatic carbocycles. The molecule has 3 aromatic rings. The first-order valence-corrected chi connectivity index (χ1v) is 7.14. The zero-order valence-corrected chi connectivity index (χ0v) is 12.3. The Morgan fingerprint density at radius 2 is 2.14 bits per heavy atom. The van der Waals surface area contributed by atoms with Crippen LogP contribution < -0.4 is 10.9 Å². The van der Waals surface area contributed by atoms with Crippen LogP contribution in [-0.2, 0) is 0 Å². The standard InChI is InChI=1S/C14H10N4O3S/c1-8-4-5-9(18(20)21)7-11(8)16-14-17-12(19)10-3-2-6-15-13(10)22-14/h2-7H,1H3,(H,16,17,19). The predicted octanol–water partition coefficient (Wildman–Crippen LogP) is 3.01. The highest BCUT2D eigenvalue weighted by molar-refractivity contribution is 7.21. The van der Waals surface area contributed by atoms with Crippen LogP contribution in [-0.4, -0.2) is 14.9 Å². The highest BCUT2D eigenvalue weighted by atomic mass is 32.1. The third kappa shape index (κ3) is 2.63. The number of anilines is 2. The van der Waals surface area contributed by atoms with E-state index in [0.29, 0.717) is 21.0 Å². The second kappa shape index (κ2) is 5.49. The highest BCUT2D eigenvalue weighted by Gasteiger charge is 2.11. The lowest BCUT2D eigenvalue weighted by molar-refractivity contribution is -0.384. The van der Waals surface area contributed by atoms with E-state index < -0.39 is 4.92 Å². The average Bonchev–Trinajstić information content (AvgIpc) is 2.49. The Bertz CT molecular complexity index is 939. The summed E-state index contributed by atoms with van der Waals surface area (Å²) in [7, 11) is 0. The summed E-state index contributed by atoms with van der Waals surface area (Å²) in [5.74, 6) is 0. The maximum atomic E-state index is 12.0. The summed E-state index contributed by atoms with van der Waals surface area (Å²) >= 11 is 1.22. The topological polar surface area (TPSA) is 98.0 Å². The molecule has 0 bridgehead atoms. The zero-order valence-electron chi connectivity index (χ0n) is 11.4. The average molecular weight is 314 g/mol. The fourth-order valence-electron chi connectivity index (χ4n) is 1.93. The Hall–Kier alpha value is -2.87. The number of pyridine rings is 1. The van der Waals surface area contributed by atoms with Crippen molar-refractivity contribution in [2.24, 2.45) is 0 Å². The van der Waals surface area contributed by atoms with E-state index in [9.17, 15) is 14.9 Å². The molecule has 1 N–H and O–H groups in total. The van der Waals surface area contributed by atoms with Gasteiger partial charge in [0.25, 0.3) is 11.2 Å². The van der Waals surface area contributed by atoms with Gasteiger partial charge in [-0.05, 0) is 24.6 Å². The number of nitrogens with one attached hydrogen (secondary N) is 1. The van der Waals surface area contributed by atoms with E-state index in [1.165, 1.54) is 23.5 Å². The number of aryl methyl sites for hydroxylation is 1. The summed E-state index contributed by atoms with van der Waals surface area (Å²) in [6.07, 6.45) is 1.60. The van der Waals surface area contributed by atoms with Crippen molar-refractivity contribution in [3.8, 4) is 0 Å². The van der Waals surface area contributed by atoms with Crippen LogP contribution in [0.3, 0.4) is 0 Å². The molecule has 0 atom stereocenters. The third-order valence-electron chi connectivity index (χ3n) is 3.07. The smallest absolute Gasteiger partial charge is 0.282 e. The molecule has 0 unspecified atom stereocenters. The second-order valence-corrected chi connectivity index (χ2v) is 5.54. The maximum absolute atomic E-state index is 12.0. The lowest BCUT2D eigenvalue weighted by Gasteiger charge is -2.08. The van der Waals surface area contributed by atoms with Crippen LogP contribution in [0.2, 0.25) is 0 Å². The number of benzene rings is 1. The van der Waals surface area contributed by atoms with E-state index in [1.54, 1.807) is 24.4 Å². The number of aromatic nitrogens is 2. The quantitative estimate of drug-likeness (QED) is 0.589. The predicted molar refractivity (Wildman–Crippen MR) is 84.8 cm³/mol. The van der Waals surface area contributed by atoms with Gasteiger partial charge >= 0.3 is 0 Å². The molecule has 2 heterocycles. The van der Waals surface area contributed by atoms with Crippen molar-refractivity contribution in [3.05, 3.63) is 62.6 Å². The van der Waals surface area contributed by atoms with E-state index in [0.717, 1.165) is 5.56 Å². The molecule has 22 heavy (non-hydrogen) atoms. The van der Waals surface area contributed by atoms with Crippen molar-refractivity contribution < 1.29 is 4.92 Å². The normalized spacial score (nSPS) is 10.6. The van der Waals surface area contributed by atoms with Gasteiger partial charge < -0.3 is 5.32 Å². The minimum absolute atomic E-state index is 0.0284. The van der Waals surface area contributed by atoms with E-state index in [2.05, 4.69) is 15.3 Å². The molecule has 0 saturated heterocycles. The Labute approximate surface area is 128 Å². The van der Waals surface area contributed by atoms with E-state index in [-0.39, 0.29) is 11.2 Å². The molecule has 2 aromatic heterocycles. The Balaban J connectivity index is 2.05. The molecule has 7 nitrogen and oxygen atoms in total. The lowest BCUT2D eigenvalue weighted by atomic mass is 10.2. The first kappa shape index (κ1) is 14.1. The number of nitrogens with zero attached hydrogens (tertiary/aromatic N) is 3. The molecule has 8 heteroatoms.